The van der Waals surface area contributed by atoms with Crippen LogP contribution in [0.2, 0.25) is 0 Å². The summed E-state index contributed by atoms with van der Waals surface area (Å²) in [6, 6.07) is 5.28. The van der Waals surface area contributed by atoms with Gasteiger partial charge in [0.05, 0.1) is 0 Å². The molecular weight excluding hydrogens is 200 g/mol. The van der Waals surface area contributed by atoms with Crippen LogP contribution in [0.15, 0.2) is 24.8 Å². The van der Waals surface area contributed by atoms with Gasteiger partial charge < -0.3 is 4.74 Å². The number of carbonyl (C=O) groups excluding carboxylic acids is 1. The number of esters is 1. The van der Waals surface area contributed by atoms with Crippen LogP contribution in [0, 0.1) is 0 Å². The lowest BCUT2D eigenvalue weighted by Gasteiger charge is -2.05. The monoisotopic (exact) mass is 210 g/mol. The molecule has 0 fully saturated rings. The predicted molar refractivity (Wildman–Crippen MR) is 57.4 cm³/mol. The van der Waals surface area contributed by atoms with Crippen LogP contribution in [0.1, 0.15) is 18.1 Å². The number of hydrogen-bond donors (Lipinski definition) is 0. The average Bonchev–Trinajstić information content (AvgIpc) is 2.16. The van der Waals surface area contributed by atoms with Crippen LogP contribution in [-0.2, 0) is 10.7 Å². The molecule has 0 N–H and O–H groups in total. The Labute approximate surface area is 88.1 Å². The summed E-state index contributed by atoms with van der Waals surface area (Å²) >= 11 is 5.73. The van der Waals surface area contributed by atoms with Crippen molar-refractivity contribution in [1.82, 2.24) is 0 Å². The van der Waals surface area contributed by atoms with Crippen LogP contribution in [0.25, 0.3) is 6.08 Å². The molecule has 0 aliphatic rings. The number of hydrogen-bond acceptors (Lipinski definition) is 2. The van der Waals surface area contributed by atoms with Crippen LogP contribution in [0.4, 0.5) is 0 Å². The number of ether oxygens (including phenoxy) is 1. The van der Waals surface area contributed by atoms with Gasteiger partial charge in [-0.25, -0.2) is 0 Å². The van der Waals surface area contributed by atoms with Gasteiger partial charge >= 0.3 is 5.97 Å². The molecule has 0 aromatic heterocycles. The summed E-state index contributed by atoms with van der Waals surface area (Å²) in [5.74, 6) is 0.548. The molecule has 14 heavy (non-hydrogen) atoms. The molecule has 0 atom stereocenters. The SMILES string of the molecule is C=Cc1ccc(OC(C)=O)cc1CCl. The normalized spacial score (nSPS) is 9.57. The van der Waals surface area contributed by atoms with Crippen molar-refractivity contribution in [3.05, 3.63) is 35.9 Å². The number of rotatable bonds is 3. The van der Waals surface area contributed by atoms with Gasteiger partial charge in [0.15, 0.2) is 0 Å². The van der Waals surface area contributed by atoms with Gasteiger partial charge in [-0.3, -0.25) is 4.79 Å². The summed E-state index contributed by atoms with van der Waals surface area (Å²) in [5, 5.41) is 0. The maximum absolute atomic E-state index is 10.7. The molecule has 0 saturated carbocycles. The fraction of sp³-hybridized carbons (Fsp3) is 0.182. The second kappa shape index (κ2) is 4.82. The lowest BCUT2D eigenvalue weighted by atomic mass is 10.1. The zero-order valence-electron chi connectivity index (χ0n) is 7.92. The molecule has 3 heteroatoms. The lowest BCUT2D eigenvalue weighted by Crippen LogP contribution is -2.01. The molecule has 0 heterocycles. The van der Waals surface area contributed by atoms with Crippen molar-refractivity contribution in [1.29, 1.82) is 0 Å². The molecule has 0 bridgehead atoms. The van der Waals surface area contributed by atoms with E-state index < -0.39 is 0 Å². The highest BCUT2D eigenvalue weighted by Crippen LogP contribution is 2.20. The van der Waals surface area contributed by atoms with E-state index in [0.29, 0.717) is 11.6 Å². The topological polar surface area (TPSA) is 26.3 Å². The number of benzene rings is 1. The lowest BCUT2D eigenvalue weighted by molar-refractivity contribution is -0.131. The quantitative estimate of drug-likeness (QED) is 0.436. The van der Waals surface area contributed by atoms with Crippen molar-refractivity contribution in [3.8, 4) is 5.75 Å². The van der Waals surface area contributed by atoms with Gasteiger partial charge in [0, 0.05) is 12.8 Å². The van der Waals surface area contributed by atoms with Crippen LogP contribution in [0.3, 0.4) is 0 Å². The summed E-state index contributed by atoms with van der Waals surface area (Å²) in [6.07, 6.45) is 1.72. The Balaban J connectivity index is 3.01. The van der Waals surface area contributed by atoms with E-state index in [9.17, 15) is 4.79 Å². The van der Waals surface area contributed by atoms with E-state index in [2.05, 4.69) is 6.58 Å². The smallest absolute Gasteiger partial charge is 0.308 e. The van der Waals surface area contributed by atoms with Crippen molar-refractivity contribution in [3.63, 3.8) is 0 Å². The van der Waals surface area contributed by atoms with Gasteiger partial charge in [0.1, 0.15) is 5.75 Å². The van der Waals surface area contributed by atoms with E-state index in [1.54, 1.807) is 18.2 Å². The Bertz CT molecular complexity index is 358. The first-order valence-corrected chi connectivity index (χ1v) is 4.70. The molecule has 0 aliphatic carbocycles. The molecule has 0 saturated heterocycles. The predicted octanol–water partition coefficient (Wildman–Crippen LogP) is 2.99. The zero-order chi connectivity index (χ0) is 10.6. The minimum Gasteiger partial charge on any atom is -0.427 e. The maximum Gasteiger partial charge on any atom is 0.308 e. The molecule has 1 aromatic rings. The van der Waals surface area contributed by atoms with Gasteiger partial charge in [0.25, 0.3) is 0 Å². The molecular formula is C11H11ClO2. The van der Waals surface area contributed by atoms with Crippen molar-refractivity contribution in [2.24, 2.45) is 0 Å². The summed E-state index contributed by atoms with van der Waals surface area (Å²) in [6.45, 7) is 5.03. The van der Waals surface area contributed by atoms with E-state index in [0.717, 1.165) is 11.1 Å². The number of carbonyl (C=O) groups is 1. The maximum atomic E-state index is 10.7. The van der Waals surface area contributed by atoms with E-state index in [-0.39, 0.29) is 5.97 Å². The third-order valence-electron chi connectivity index (χ3n) is 1.74. The largest absolute Gasteiger partial charge is 0.427 e. The Kier molecular flexibility index (Phi) is 3.72. The molecule has 1 rings (SSSR count). The fourth-order valence-corrected chi connectivity index (χ4v) is 1.36. The second-order valence-corrected chi connectivity index (χ2v) is 3.06. The summed E-state index contributed by atoms with van der Waals surface area (Å²) in [4.78, 5) is 10.7. The van der Waals surface area contributed by atoms with Crippen LogP contribution < -0.4 is 4.74 Å². The summed E-state index contributed by atoms with van der Waals surface area (Å²) < 4.78 is 4.92. The summed E-state index contributed by atoms with van der Waals surface area (Å²) in [7, 11) is 0. The highest BCUT2D eigenvalue weighted by molar-refractivity contribution is 6.17. The van der Waals surface area contributed by atoms with Gasteiger partial charge in [-0.05, 0) is 23.3 Å². The molecule has 0 unspecified atom stereocenters. The van der Waals surface area contributed by atoms with Gasteiger partial charge in [-0.2, -0.15) is 0 Å². The van der Waals surface area contributed by atoms with E-state index in [4.69, 9.17) is 16.3 Å². The minimum absolute atomic E-state index is 0.336. The molecule has 0 aliphatic heterocycles. The van der Waals surface area contributed by atoms with Gasteiger partial charge in [0.2, 0.25) is 0 Å². The molecule has 0 spiro atoms. The van der Waals surface area contributed by atoms with E-state index in [1.165, 1.54) is 6.92 Å². The Hall–Kier alpha value is -1.28. The summed E-state index contributed by atoms with van der Waals surface area (Å²) in [5.41, 5.74) is 1.86. The third kappa shape index (κ3) is 2.60. The average molecular weight is 211 g/mol. The van der Waals surface area contributed by atoms with Crippen molar-refractivity contribution >= 4 is 23.6 Å². The number of alkyl halides is 1. The minimum atomic E-state index is -0.336. The molecule has 74 valence electrons. The Morgan fingerprint density at radius 1 is 1.64 bits per heavy atom. The molecule has 0 radical (unpaired) electrons. The zero-order valence-corrected chi connectivity index (χ0v) is 8.67. The standard InChI is InChI=1S/C11H11ClO2/c1-3-9-4-5-11(14-8(2)13)6-10(9)7-12/h3-6H,1,7H2,2H3. The first kappa shape index (κ1) is 10.8. The first-order chi connectivity index (χ1) is 6.67. The third-order valence-corrected chi connectivity index (χ3v) is 2.03. The van der Waals surface area contributed by atoms with Crippen molar-refractivity contribution in [2.75, 3.05) is 0 Å². The highest BCUT2D eigenvalue weighted by Gasteiger charge is 2.02. The van der Waals surface area contributed by atoms with Gasteiger partial charge in [-0.15, -0.1) is 11.6 Å². The molecule has 0 amide bonds. The fourth-order valence-electron chi connectivity index (χ4n) is 1.13. The van der Waals surface area contributed by atoms with Crippen molar-refractivity contribution in [2.45, 2.75) is 12.8 Å². The van der Waals surface area contributed by atoms with E-state index in [1.807, 2.05) is 6.07 Å². The van der Waals surface area contributed by atoms with Crippen molar-refractivity contribution < 1.29 is 9.53 Å². The molecule has 2 nitrogen and oxygen atoms in total. The molecule has 1 aromatic carbocycles. The van der Waals surface area contributed by atoms with Crippen LogP contribution in [0.5, 0.6) is 5.75 Å². The Morgan fingerprint density at radius 2 is 2.36 bits per heavy atom. The van der Waals surface area contributed by atoms with Crippen LogP contribution in [-0.4, -0.2) is 5.97 Å². The van der Waals surface area contributed by atoms with E-state index >= 15 is 0 Å². The highest BCUT2D eigenvalue weighted by atomic mass is 35.5. The second-order valence-electron chi connectivity index (χ2n) is 2.79. The Morgan fingerprint density at radius 3 is 2.86 bits per heavy atom. The number of halogens is 1. The van der Waals surface area contributed by atoms with Gasteiger partial charge in [-0.1, -0.05) is 18.7 Å². The van der Waals surface area contributed by atoms with Crippen LogP contribution >= 0.6 is 11.6 Å². The first-order valence-electron chi connectivity index (χ1n) is 4.17.